The van der Waals surface area contributed by atoms with Crippen molar-refractivity contribution in [1.29, 1.82) is 0 Å². The second-order valence-electron chi connectivity index (χ2n) is 7.06. The summed E-state index contributed by atoms with van der Waals surface area (Å²) in [6, 6.07) is 0.290. The molecule has 1 N–H and O–H groups in total. The van der Waals surface area contributed by atoms with Gasteiger partial charge in [0.1, 0.15) is 6.33 Å². The molecule has 1 saturated heterocycles. The molecule has 2 aromatic heterocycles. The van der Waals surface area contributed by atoms with Crippen molar-refractivity contribution >= 4 is 11.8 Å². The largest absolute Gasteiger partial charge is 0.352 e. The minimum atomic E-state index is -0.189. The predicted molar refractivity (Wildman–Crippen MR) is 92.9 cm³/mol. The van der Waals surface area contributed by atoms with Gasteiger partial charge in [0.25, 0.3) is 5.91 Å². The standard InChI is InChI=1S/C18H22N6O2/c1-23-10-14(9-22-23)17-12(2-5-16(25)24(17)15-3-4-15)8-21-18(26)13-6-19-11-20-7-13/h6-7,9-12,15,17H,2-5,8H2,1H3,(H,21,26)/t12-,17+/m1/s1. The fourth-order valence-electron chi connectivity index (χ4n) is 3.74. The van der Waals surface area contributed by atoms with Crippen LogP contribution in [0.4, 0.5) is 0 Å². The first-order valence-corrected chi connectivity index (χ1v) is 8.96. The van der Waals surface area contributed by atoms with Crippen molar-refractivity contribution in [3.8, 4) is 0 Å². The predicted octanol–water partition coefficient (Wildman–Crippen LogP) is 1.08. The number of aryl methyl sites for hydroxylation is 1. The average molecular weight is 354 g/mol. The van der Waals surface area contributed by atoms with Crippen LogP contribution in [0.3, 0.4) is 0 Å². The quantitative estimate of drug-likeness (QED) is 0.867. The van der Waals surface area contributed by atoms with Crippen molar-refractivity contribution in [2.75, 3.05) is 6.54 Å². The topological polar surface area (TPSA) is 93.0 Å². The summed E-state index contributed by atoms with van der Waals surface area (Å²) >= 11 is 0. The zero-order valence-electron chi connectivity index (χ0n) is 14.7. The minimum Gasteiger partial charge on any atom is -0.352 e. The molecule has 0 bridgehead atoms. The van der Waals surface area contributed by atoms with Gasteiger partial charge < -0.3 is 10.2 Å². The number of nitrogens with zero attached hydrogens (tertiary/aromatic N) is 5. The molecule has 0 aromatic carbocycles. The first-order chi connectivity index (χ1) is 12.6. The molecule has 8 nitrogen and oxygen atoms in total. The maximum atomic E-state index is 12.6. The molecule has 1 aliphatic heterocycles. The van der Waals surface area contributed by atoms with Gasteiger partial charge in [-0.1, -0.05) is 0 Å². The van der Waals surface area contributed by atoms with Crippen LogP contribution in [0.5, 0.6) is 0 Å². The number of likely N-dealkylation sites (tertiary alicyclic amines) is 1. The summed E-state index contributed by atoms with van der Waals surface area (Å²) in [5.41, 5.74) is 1.48. The zero-order chi connectivity index (χ0) is 18.1. The lowest BCUT2D eigenvalue weighted by Gasteiger charge is -2.41. The molecule has 0 radical (unpaired) electrons. The van der Waals surface area contributed by atoms with Gasteiger partial charge in [-0.15, -0.1) is 0 Å². The summed E-state index contributed by atoms with van der Waals surface area (Å²) < 4.78 is 1.76. The molecule has 1 saturated carbocycles. The summed E-state index contributed by atoms with van der Waals surface area (Å²) in [6.45, 7) is 0.504. The molecule has 2 aromatic rings. The fourth-order valence-corrected chi connectivity index (χ4v) is 3.74. The Morgan fingerprint density at radius 2 is 2.00 bits per heavy atom. The van der Waals surface area contributed by atoms with E-state index in [4.69, 9.17) is 0 Å². The Kier molecular flexibility index (Phi) is 4.40. The molecule has 0 unspecified atom stereocenters. The first kappa shape index (κ1) is 16.7. The molecule has 4 rings (SSSR count). The SMILES string of the molecule is Cn1cc([C@@H]2[C@@H](CNC(=O)c3cncnc3)CCC(=O)N2C2CC2)cn1. The molecule has 2 atom stereocenters. The summed E-state index contributed by atoms with van der Waals surface area (Å²) in [5.74, 6) is 0.178. The van der Waals surface area contributed by atoms with E-state index >= 15 is 0 Å². The van der Waals surface area contributed by atoms with Crippen LogP contribution < -0.4 is 5.32 Å². The van der Waals surface area contributed by atoms with Crippen LogP contribution in [-0.2, 0) is 11.8 Å². The smallest absolute Gasteiger partial charge is 0.254 e. The van der Waals surface area contributed by atoms with Gasteiger partial charge in [0.2, 0.25) is 5.91 Å². The van der Waals surface area contributed by atoms with Gasteiger partial charge in [0.15, 0.2) is 0 Å². The van der Waals surface area contributed by atoms with Gasteiger partial charge in [-0.3, -0.25) is 14.3 Å². The summed E-state index contributed by atoms with van der Waals surface area (Å²) in [6.07, 6.45) is 11.6. The molecule has 3 heterocycles. The highest BCUT2D eigenvalue weighted by Crippen LogP contribution is 2.43. The number of piperidine rings is 1. The Morgan fingerprint density at radius 1 is 1.23 bits per heavy atom. The molecule has 136 valence electrons. The van der Waals surface area contributed by atoms with Crippen LogP contribution in [0.25, 0.3) is 0 Å². The highest BCUT2D eigenvalue weighted by Gasteiger charge is 2.44. The summed E-state index contributed by atoms with van der Waals surface area (Å²) in [4.78, 5) is 34.7. The average Bonchev–Trinajstić information content (AvgIpc) is 3.41. The van der Waals surface area contributed by atoms with Gasteiger partial charge in [0.05, 0.1) is 17.8 Å². The third-order valence-corrected chi connectivity index (χ3v) is 5.12. The lowest BCUT2D eigenvalue weighted by Crippen LogP contribution is -2.47. The molecule has 2 amide bonds. The summed E-state index contributed by atoms with van der Waals surface area (Å²) in [5, 5.41) is 7.27. The van der Waals surface area contributed by atoms with Gasteiger partial charge in [-0.05, 0) is 19.3 Å². The molecule has 2 fully saturated rings. The molecular formula is C18H22N6O2. The lowest BCUT2D eigenvalue weighted by molar-refractivity contribution is -0.139. The van der Waals surface area contributed by atoms with Crippen LogP contribution in [0.15, 0.2) is 31.1 Å². The van der Waals surface area contributed by atoms with Gasteiger partial charge in [0, 0.05) is 56.1 Å². The third-order valence-electron chi connectivity index (χ3n) is 5.12. The van der Waals surface area contributed by atoms with Crippen molar-refractivity contribution in [1.82, 2.24) is 30.0 Å². The Hall–Kier alpha value is -2.77. The maximum Gasteiger partial charge on any atom is 0.254 e. The number of hydrogen-bond acceptors (Lipinski definition) is 5. The fraction of sp³-hybridized carbons (Fsp3) is 0.500. The summed E-state index contributed by atoms with van der Waals surface area (Å²) in [7, 11) is 1.88. The minimum absolute atomic E-state index is 0.0372. The first-order valence-electron chi connectivity index (χ1n) is 8.96. The zero-order valence-corrected chi connectivity index (χ0v) is 14.7. The Balaban J connectivity index is 1.53. The maximum absolute atomic E-state index is 12.6. The molecule has 2 aliphatic rings. The van der Waals surface area contributed by atoms with Crippen molar-refractivity contribution in [3.63, 3.8) is 0 Å². The van der Waals surface area contributed by atoms with Crippen molar-refractivity contribution in [3.05, 3.63) is 42.2 Å². The van der Waals surface area contributed by atoms with E-state index in [0.29, 0.717) is 24.6 Å². The Bertz CT molecular complexity index is 801. The monoisotopic (exact) mass is 354 g/mol. The van der Waals surface area contributed by atoms with E-state index in [1.807, 2.05) is 24.3 Å². The number of amides is 2. The van der Waals surface area contributed by atoms with Crippen LogP contribution in [0.1, 0.15) is 47.6 Å². The van der Waals surface area contributed by atoms with E-state index in [1.54, 1.807) is 4.68 Å². The van der Waals surface area contributed by atoms with Gasteiger partial charge in [-0.2, -0.15) is 5.10 Å². The molecule has 1 aliphatic carbocycles. The molecular weight excluding hydrogens is 332 g/mol. The van der Waals surface area contributed by atoms with E-state index in [0.717, 1.165) is 24.8 Å². The Labute approximate surface area is 151 Å². The highest BCUT2D eigenvalue weighted by molar-refractivity contribution is 5.93. The number of carbonyl (C=O) groups is 2. The van der Waals surface area contributed by atoms with Crippen molar-refractivity contribution in [2.45, 2.75) is 37.8 Å². The van der Waals surface area contributed by atoms with E-state index in [9.17, 15) is 9.59 Å². The Morgan fingerprint density at radius 3 is 2.65 bits per heavy atom. The van der Waals surface area contributed by atoms with Crippen LogP contribution in [0, 0.1) is 5.92 Å². The second kappa shape index (κ2) is 6.86. The van der Waals surface area contributed by atoms with Crippen LogP contribution in [0.2, 0.25) is 0 Å². The normalized spacial score (nSPS) is 23.1. The molecule has 0 spiro atoms. The lowest BCUT2D eigenvalue weighted by atomic mass is 9.85. The third kappa shape index (κ3) is 3.31. The van der Waals surface area contributed by atoms with E-state index in [1.165, 1.54) is 18.7 Å². The van der Waals surface area contributed by atoms with E-state index in [2.05, 4.69) is 20.4 Å². The number of carbonyl (C=O) groups excluding carboxylic acids is 2. The van der Waals surface area contributed by atoms with Gasteiger partial charge >= 0.3 is 0 Å². The van der Waals surface area contributed by atoms with Crippen molar-refractivity contribution in [2.24, 2.45) is 13.0 Å². The number of aromatic nitrogens is 4. The number of nitrogens with one attached hydrogen (secondary N) is 1. The highest BCUT2D eigenvalue weighted by atomic mass is 16.2. The molecule has 26 heavy (non-hydrogen) atoms. The van der Waals surface area contributed by atoms with Crippen LogP contribution >= 0.6 is 0 Å². The number of rotatable bonds is 5. The van der Waals surface area contributed by atoms with Gasteiger partial charge in [-0.25, -0.2) is 9.97 Å². The number of hydrogen-bond donors (Lipinski definition) is 1. The second-order valence-corrected chi connectivity index (χ2v) is 7.06. The van der Waals surface area contributed by atoms with Crippen LogP contribution in [-0.4, -0.2) is 49.0 Å². The van der Waals surface area contributed by atoms with Crippen molar-refractivity contribution < 1.29 is 9.59 Å². The van der Waals surface area contributed by atoms with E-state index < -0.39 is 0 Å². The molecule has 8 heteroatoms. The van der Waals surface area contributed by atoms with E-state index in [-0.39, 0.29) is 23.8 Å².